The van der Waals surface area contributed by atoms with Crippen LogP contribution in [0.5, 0.6) is 0 Å². The summed E-state index contributed by atoms with van der Waals surface area (Å²) in [6, 6.07) is 0. The number of aromatic nitrogens is 2. The molecule has 5 heteroatoms. The monoisotopic (exact) mass is 171 g/mol. The first-order valence-electron chi connectivity index (χ1n) is 3.25. The van der Waals surface area contributed by atoms with Gasteiger partial charge in [-0.25, -0.2) is 4.68 Å². The fourth-order valence-corrected chi connectivity index (χ4v) is 0.662. The fraction of sp³-hybridized carbons (Fsp3) is 0.286. The van der Waals surface area contributed by atoms with E-state index in [0.29, 0.717) is 10.2 Å². The number of rotatable bonds is 1. The van der Waals surface area contributed by atoms with Crippen LogP contribution in [0.25, 0.3) is 0 Å². The smallest absolute Gasteiger partial charge is 0.320 e. The summed E-state index contributed by atoms with van der Waals surface area (Å²) in [5, 5.41) is 3.39. The summed E-state index contributed by atoms with van der Waals surface area (Å²) < 4.78 is 24.4. The fourth-order valence-electron chi connectivity index (χ4n) is 0.662. The van der Waals surface area contributed by atoms with Crippen LogP contribution in [-0.4, -0.2) is 16.3 Å². The summed E-state index contributed by atoms with van der Waals surface area (Å²) in [4.78, 5) is 0. The van der Waals surface area contributed by atoms with Gasteiger partial charge in [0.1, 0.15) is 0 Å². The highest BCUT2D eigenvalue weighted by atomic mass is 19.3. The van der Waals surface area contributed by atoms with Gasteiger partial charge < -0.3 is 5.73 Å². The molecule has 12 heavy (non-hydrogen) atoms. The van der Waals surface area contributed by atoms with Crippen LogP contribution < -0.4 is 5.73 Å². The van der Waals surface area contributed by atoms with Crippen molar-refractivity contribution < 1.29 is 8.78 Å². The van der Waals surface area contributed by atoms with Crippen LogP contribution in [0.1, 0.15) is 12.1 Å². The van der Waals surface area contributed by atoms with Gasteiger partial charge in [-0.15, -0.1) is 0 Å². The van der Waals surface area contributed by atoms with E-state index in [1.165, 1.54) is 12.4 Å². The van der Waals surface area contributed by atoms with Gasteiger partial charge in [0.25, 0.3) is 0 Å². The Morgan fingerprint density at radius 1 is 1.67 bits per heavy atom. The Labute approximate surface area is 68.2 Å². The molecule has 1 aromatic rings. The lowest BCUT2D eigenvalue weighted by molar-refractivity contribution is 0.0566. The van der Waals surface area contributed by atoms with Gasteiger partial charge in [-0.3, -0.25) is 0 Å². The molecule has 0 aliphatic carbocycles. The lowest BCUT2D eigenvalue weighted by Crippen LogP contribution is -1.96. The van der Waals surface area contributed by atoms with Gasteiger partial charge in [0.2, 0.25) is 0 Å². The van der Waals surface area contributed by atoms with Gasteiger partial charge in [-0.05, 0) is 0 Å². The molecule has 0 aliphatic rings. The van der Waals surface area contributed by atoms with Crippen molar-refractivity contribution >= 4 is 0 Å². The summed E-state index contributed by atoms with van der Waals surface area (Å²) in [6.07, 6.45) is 2.45. The first kappa shape index (κ1) is 8.68. The lowest BCUT2D eigenvalue weighted by Gasteiger charge is -1.93. The molecule has 64 valence electrons. The largest absolute Gasteiger partial charge is 0.333 e. The molecule has 2 N–H and O–H groups in total. The Morgan fingerprint density at radius 2 is 2.42 bits per heavy atom. The summed E-state index contributed by atoms with van der Waals surface area (Å²) in [6.45, 7) is -2.40. The Morgan fingerprint density at radius 3 is 2.92 bits per heavy atom. The Balaban J connectivity index is 2.77. The molecule has 0 spiro atoms. The van der Waals surface area contributed by atoms with E-state index in [2.05, 4.69) is 16.9 Å². The Bertz CT molecular complexity index is 308. The van der Waals surface area contributed by atoms with Gasteiger partial charge in [0, 0.05) is 6.20 Å². The van der Waals surface area contributed by atoms with E-state index in [1.807, 2.05) is 0 Å². The number of hydrogen-bond acceptors (Lipinski definition) is 2. The minimum atomic E-state index is -2.61. The summed E-state index contributed by atoms with van der Waals surface area (Å²) in [5.74, 6) is 5.12. The van der Waals surface area contributed by atoms with Crippen molar-refractivity contribution in [2.24, 2.45) is 5.73 Å². The van der Waals surface area contributed by atoms with Crippen LogP contribution in [0.3, 0.4) is 0 Å². The zero-order valence-electron chi connectivity index (χ0n) is 6.17. The molecule has 1 aromatic heterocycles. The minimum absolute atomic E-state index is 0.208. The highest BCUT2D eigenvalue weighted by Gasteiger charge is 2.05. The molecule has 0 amide bonds. The van der Waals surface area contributed by atoms with Crippen LogP contribution in [-0.2, 0) is 0 Å². The van der Waals surface area contributed by atoms with Crippen molar-refractivity contribution in [1.29, 1.82) is 0 Å². The van der Waals surface area contributed by atoms with Crippen LogP contribution in [0.2, 0.25) is 0 Å². The third-order valence-corrected chi connectivity index (χ3v) is 1.14. The van der Waals surface area contributed by atoms with E-state index >= 15 is 0 Å². The zero-order valence-corrected chi connectivity index (χ0v) is 6.17. The van der Waals surface area contributed by atoms with E-state index in [9.17, 15) is 8.78 Å². The molecule has 0 bridgehead atoms. The summed E-state index contributed by atoms with van der Waals surface area (Å²) in [7, 11) is 0. The molecule has 1 heterocycles. The average Bonchev–Trinajstić information content (AvgIpc) is 2.48. The normalized spacial score (nSPS) is 9.67. The molecule has 3 nitrogen and oxygen atoms in total. The van der Waals surface area contributed by atoms with Gasteiger partial charge in [-0.1, -0.05) is 11.8 Å². The zero-order chi connectivity index (χ0) is 8.97. The van der Waals surface area contributed by atoms with E-state index in [-0.39, 0.29) is 6.54 Å². The average molecular weight is 171 g/mol. The highest BCUT2D eigenvalue weighted by molar-refractivity contribution is 5.29. The lowest BCUT2D eigenvalue weighted by atomic mass is 10.4. The summed E-state index contributed by atoms with van der Waals surface area (Å²) in [5.41, 5.74) is 5.54. The van der Waals surface area contributed by atoms with Crippen molar-refractivity contribution in [3.8, 4) is 11.8 Å². The maximum atomic E-state index is 11.9. The number of nitrogens with zero attached hydrogens (tertiary/aromatic N) is 2. The quantitative estimate of drug-likeness (QED) is 0.628. The minimum Gasteiger partial charge on any atom is -0.320 e. The maximum absolute atomic E-state index is 11.9. The third-order valence-electron chi connectivity index (χ3n) is 1.14. The predicted molar refractivity (Wildman–Crippen MR) is 39.4 cm³/mol. The first-order chi connectivity index (χ1) is 5.74. The summed E-state index contributed by atoms with van der Waals surface area (Å²) >= 11 is 0. The molecular weight excluding hydrogens is 164 g/mol. The van der Waals surface area contributed by atoms with Crippen LogP contribution in [0, 0.1) is 11.8 Å². The molecule has 0 fully saturated rings. The number of hydrogen-bond donors (Lipinski definition) is 1. The molecule has 0 saturated heterocycles. The highest BCUT2D eigenvalue weighted by Crippen LogP contribution is 2.08. The first-order valence-corrected chi connectivity index (χ1v) is 3.25. The molecule has 0 unspecified atom stereocenters. The topological polar surface area (TPSA) is 43.8 Å². The molecule has 0 saturated carbocycles. The Hall–Kier alpha value is -1.41. The van der Waals surface area contributed by atoms with Crippen LogP contribution in [0.15, 0.2) is 12.4 Å². The molecule has 1 rings (SSSR count). The van der Waals surface area contributed by atoms with Crippen LogP contribution >= 0.6 is 0 Å². The maximum Gasteiger partial charge on any atom is 0.333 e. The van der Waals surface area contributed by atoms with Crippen molar-refractivity contribution in [1.82, 2.24) is 9.78 Å². The SMILES string of the molecule is NCC#Cc1cnn(C(F)F)c1. The van der Waals surface area contributed by atoms with E-state index in [0.717, 1.165) is 0 Å². The van der Waals surface area contributed by atoms with Crippen molar-refractivity contribution in [3.63, 3.8) is 0 Å². The number of nitrogens with two attached hydrogens (primary N) is 1. The van der Waals surface area contributed by atoms with E-state index in [4.69, 9.17) is 5.73 Å². The van der Waals surface area contributed by atoms with Gasteiger partial charge in [0.15, 0.2) is 0 Å². The number of halogens is 2. The van der Waals surface area contributed by atoms with Crippen molar-refractivity contribution in [2.45, 2.75) is 6.55 Å². The molecule has 0 atom stereocenters. The van der Waals surface area contributed by atoms with Crippen LogP contribution in [0.4, 0.5) is 8.78 Å². The van der Waals surface area contributed by atoms with Gasteiger partial charge >= 0.3 is 6.55 Å². The van der Waals surface area contributed by atoms with Crippen molar-refractivity contribution in [2.75, 3.05) is 6.54 Å². The molecular formula is C7H7F2N3. The van der Waals surface area contributed by atoms with Gasteiger partial charge in [-0.2, -0.15) is 13.9 Å². The predicted octanol–water partition coefficient (Wildman–Crippen LogP) is 0.588. The second-order valence-corrected chi connectivity index (χ2v) is 1.99. The van der Waals surface area contributed by atoms with Gasteiger partial charge in [0.05, 0.1) is 18.3 Å². The second kappa shape index (κ2) is 3.83. The molecule has 0 aromatic carbocycles. The molecule has 0 aliphatic heterocycles. The number of alkyl halides is 2. The second-order valence-electron chi connectivity index (χ2n) is 1.99. The van der Waals surface area contributed by atoms with E-state index < -0.39 is 6.55 Å². The van der Waals surface area contributed by atoms with Crippen molar-refractivity contribution in [3.05, 3.63) is 18.0 Å². The molecule has 0 radical (unpaired) electrons. The standard InChI is InChI=1S/C7H7F2N3/c8-7(9)12-5-6(4-11-12)2-1-3-10/h4-5,7H,3,10H2. The van der Waals surface area contributed by atoms with E-state index in [1.54, 1.807) is 0 Å². The third kappa shape index (κ3) is 2.04. The Kier molecular flexibility index (Phi) is 2.77.